The van der Waals surface area contributed by atoms with E-state index in [0.717, 1.165) is 52.8 Å². The van der Waals surface area contributed by atoms with Crippen LogP contribution in [-0.2, 0) is 6.42 Å². The third kappa shape index (κ3) is 5.18. The van der Waals surface area contributed by atoms with E-state index in [1.54, 1.807) is 7.11 Å². The lowest BCUT2D eigenvalue weighted by Crippen LogP contribution is -2.42. The van der Waals surface area contributed by atoms with Gasteiger partial charge in [-0.3, -0.25) is 9.36 Å². The Morgan fingerprint density at radius 1 is 0.971 bits per heavy atom. The van der Waals surface area contributed by atoms with Crippen LogP contribution in [0.15, 0.2) is 48.5 Å². The van der Waals surface area contributed by atoms with E-state index in [0.29, 0.717) is 0 Å². The average molecular weight is 473 g/mol. The molecule has 1 atom stereocenters. The summed E-state index contributed by atoms with van der Waals surface area (Å²) in [6.07, 6.45) is 13.5. The van der Waals surface area contributed by atoms with Gasteiger partial charge in [-0.05, 0) is 81.0 Å². The molecular weight excluding hydrogens is 432 g/mol. The van der Waals surface area contributed by atoms with Crippen LogP contribution in [0, 0.1) is 12.8 Å². The summed E-state index contributed by atoms with van der Waals surface area (Å²) in [6.45, 7) is 4.38. The van der Waals surface area contributed by atoms with E-state index in [1.165, 1.54) is 69.9 Å². The molecule has 0 amide bonds. The number of hydrogen-bond acceptors (Lipinski definition) is 3. The van der Waals surface area contributed by atoms with Crippen LogP contribution in [0.2, 0.25) is 0 Å². The number of likely N-dealkylation sites (tertiary alicyclic amines) is 1. The molecule has 0 radical (unpaired) electrons. The average Bonchev–Trinajstić information content (AvgIpc) is 3.19. The van der Waals surface area contributed by atoms with E-state index in [1.807, 2.05) is 47.0 Å². The maximum absolute atomic E-state index is 13.5. The van der Waals surface area contributed by atoms with Crippen LogP contribution in [0.1, 0.15) is 79.4 Å². The normalized spacial score (nSPS) is 19.8. The quantitative estimate of drug-likeness (QED) is 0.371. The maximum atomic E-state index is 13.5. The molecule has 1 saturated carbocycles. The summed E-state index contributed by atoms with van der Waals surface area (Å²) in [6, 6.07) is 16.5. The molecule has 2 fully saturated rings. The summed E-state index contributed by atoms with van der Waals surface area (Å²) in [4.78, 5) is 16.3. The van der Waals surface area contributed by atoms with E-state index in [-0.39, 0.29) is 5.91 Å². The number of fused-ring (bicyclic) bond motifs is 1. The fraction of sp³-hybridized carbons (Fsp3) is 0.516. The van der Waals surface area contributed by atoms with E-state index >= 15 is 0 Å². The molecule has 2 aromatic carbocycles. The molecule has 4 nitrogen and oxygen atoms in total. The SMILES string of the molecule is COc1ccc2c(c1)c(CCN1CCCCC1CC1CCCCC1)c(C)n2C(=O)c1ccccc1. The second-order valence-electron chi connectivity index (χ2n) is 10.6. The Morgan fingerprint density at radius 3 is 2.51 bits per heavy atom. The number of benzene rings is 2. The number of piperidine rings is 1. The van der Waals surface area contributed by atoms with Crippen LogP contribution in [0.5, 0.6) is 5.75 Å². The summed E-state index contributed by atoms with van der Waals surface area (Å²) >= 11 is 0. The van der Waals surface area contributed by atoms with Crippen LogP contribution in [0.25, 0.3) is 10.9 Å². The van der Waals surface area contributed by atoms with Crippen molar-refractivity contribution < 1.29 is 9.53 Å². The largest absolute Gasteiger partial charge is 0.497 e. The van der Waals surface area contributed by atoms with Crippen LogP contribution in [0.4, 0.5) is 0 Å². The number of nitrogens with zero attached hydrogens (tertiary/aromatic N) is 2. The van der Waals surface area contributed by atoms with Crippen LogP contribution in [-0.4, -0.2) is 41.6 Å². The third-order valence-electron chi connectivity index (χ3n) is 8.49. The van der Waals surface area contributed by atoms with Gasteiger partial charge in [0.2, 0.25) is 0 Å². The van der Waals surface area contributed by atoms with Crippen molar-refractivity contribution in [1.82, 2.24) is 9.47 Å². The van der Waals surface area contributed by atoms with Gasteiger partial charge in [-0.25, -0.2) is 0 Å². The van der Waals surface area contributed by atoms with Gasteiger partial charge in [-0.2, -0.15) is 0 Å². The molecule has 35 heavy (non-hydrogen) atoms. The van der Waals surface area contributed by atoms with Crippen molar-refractivity contribution in [1.29, 1.82) is 0 Å². The smallest absolute Gasteiger partial charge is 0.262 e. The zero-order valence-corrected chi connectivity index (χ0v) is 21.5. The Morgan fingerprint density at radius 2 is 1.74 bits per heavy atom. The summed E-state index contributed by atoms with van der Waals surface area (Å²) in [5, 5.41) is 1.15. The molecule has 1 unspecified atom stereocenters. The summed E-state index contributed by atoms with van der Waals surface area (Å²) in [5.74, 6) is 1.81. The number of rotatable bonds is 7. The highest BCUT2D eigenvalue weighted by Gasteiger charge is 2.27. The second kappa shape index (κ2) is 11.0. The lowest BCUT2D eigenvalue weighted by molar-refractivity contribution is 0.0962. The molecule has 1 aromatic heterocycles. The number of ether oxygens (including phenoxy) is 1. The molecule has 1 aliphatic carbocycles. The van der Waals surface area contributed by atoms with Crippen molar-refractivity contribution in [2.24, 2.45) is 5.92 Å². The molecule has 1 aliphatic heterocycles. The minimum Gasteiger partial charge on any atom is -0.497 e. The molecule has 186 valence electrons. The Balaban J connectivity index is 1.42. The highest BCUT2D eigenvalue weighted by molar-refractivity contribution is 6.04. The lowest BCUT2D eigenvalue weighted by atomic mass is 9.82. The standard InChI is InChI=1S/C31H40N2O2/c1-23-28(18-20-32-19-10-9-15-26(32)21-24-11-5-3-6-12-24)29-22-27(35-2)16-17-30(29)33(23)31(34)25-13-7-4-8-14-25/h4,7-8,13-14,16-17,22,24,26H,3,5-6,9-12,15,18-21H2,1-2H3. The van der Waals surface area contributed by atoms with Gasteiger partial charge in [0.15, 0.2) is 0 Å². The minimum absolute atomic E-state index is 0.0395. The van der Waals surface area contributed by atoms with Crippen molar-refractivity contribution >= 4 is 16.8 Å². The zero-order valence-electron chi connectivity index (χ0n) is 21.5. The van der Waals surface area contributed by atoms with Gasteiger partial charge < -0.3 is 9.64 Å². The summed E-state index contributed by atoms with van der Waals surface area (Å²) in [7, 11) is 1.71. The van der Waals surface area contributed by atoms with Gasteiger partial charge in [0.1, 0.15) is 5.75 Å². The Labute approximate surface area is 210 Å². The van der Waals surface area contributed by atoms with E-state index in [9.17, 15) is 4.79 Å². The van der Waals surface area contributed by atoms with Gasteiger partial charge in [0.25, 0.3) is 5.91 Å². The molecule has 0 N–H and O–H groups in total. The van der Waals surface area contributed by atoms with E-state index < -0.39 is 0 Å². The van der Waals surface area contributed by atoms with Crippen LogP contribution >= 0.6 is 0 Å². The fourth-order valence-electron chi connectivity index (χ4n) is 6.56. The fourth-order valence-corrected chi connectivity index (χ4v) is 6.56. The predicted molar refractivity (Wildman–Crippen MR) is 144 cm³/mol. The van der Waals surface area contributed by atoms with Gasteiger partial charge in [0, 0.05) is 29.2 Å². The Bertz CT molecular complexity index is 1140. The summed E-state index contributed by atoms with van der Waals surface area (Å²) in [5.41, 5.74) is 4.04. The zero-order chi connectivity index (χ0) is 24.2. The van der Waals surface area contributed by atoms with Crippen molar-refractivity contribution in [3.8, 4) is 5.75 Å². The first-order valence-electron chi connectivity index (χ1n) is 13.7. The first-order chi connectivity index (χ1) is 17.2. The van der Waals surface area contributed by atoms with Crippen molar-refractivity contribution in [3.63, 3.8) is 0 Å². The summed E-state index contributed by atoms with van der Waals surface area (Å²) < 4.78 is 7.47. The Kier molecular flexibility index (Phi) is 7.57. The molecule has 5 rings (SSSR count). The third-order valence-corrected chi connectivity index (χ3v) is 8.49. The second-order valence-corrected chi connectivity index (χ2v) is 10.6. The number of carbonyl (C=O) groups is 1. The molecule has 2 heterocycles. The monoisotopic (exact) mass is 472 g/mol. The van der Waals surface area contributed by atoms with Gasteiger partial charge in [-0.1, -0.05) is 56.7 Å². The van der Waals surface area contributed by atoms with Gasteiger partial charge >= 0.3 is 0 Å². The van der Waals surface area contributed by atoms with Crippen molar-refractivity contribution in [2.75, 3.05) is 20.2 Å². The molecule has 3 aromatic rings. The minimum atomic E-state index is 0.0395. The molecule has 2 aliphatic rings. The molecule has 1 saturated heterocycles. The van der Waals surface area contributed by atoms with Gasteiger partial charge in [0.05, 0.1) is 12.6 Å². The number of methoxy groups -OCH3 is 1. The van der Waals surface area contributed by atoms with Crippen LogP contribution in [0.3, 0.4) is 0 Å². The molecule has 0 bridgehead atoms. The highest BCUT2D eigenvalue weighted by Crippen LogP contribution is 2.34. The first kappa shape index (κ1) is 24.1. The topological polar surface area (TPSA) is 34.5 Å². The lowest BCUT2D eigenvalue weighted by Gasteiger charge is -2.38. The molecular formula is C31H40N2O2. The number of aromatic nitrogens is 1. The molecule has 4 heteroatoms. The maximum Gasteiger partial charge on any atom is 0.262 e. The van der Waals surface area contributed by atoms with Crippen LogP contribution < -0.4 is 4.74 Å². The first-order valence-corrected chi connectivity index (χ1v) is 13.7. The predicted octanol–water partition coefficient (Wildman–Crippen LogP) is 7.01. The number of carbonyl (C=O) groups excluding carboxylic acids is 1. The van der Waals surface area contributed by atoms with Gasteiger partial charge in [-0.15, -0.1) is 0 Å². The number of hydrogen-bond donors (Lipinski definition) is 0. The van der Waals surface area contributed by atoms with Crippen molar-refractivity contribution in [3.05, 3.63) is 65.4 Å². The van der Waals surface area contributed by atoms with Crippen molar-refractivity contribution in [2.45, 2.75) is 77.2 Å². The highest BCUT2D eigenvalue weighted by atomic mass is 16.5. The van der Waals surface area contributed by atoms with E-state index in [2.05, 4.69) is 17.9 Å². The van der Waals surface area contributed by atoms with E-state index in [4.69, 9.17) is 4.74 Å². The molecule has 0 spiro atoms. The Hall–Kier alpha value is -2.59.